The van der Waals surface area contributed by atoms with Crippen LogP contribution in [0.1, 0.15) is 107 Å². The summed E-state index contributed by atoms with van der Waals surface area (Å²) in [6, 6.07) is 25.2. The van der Waals surface area contributed by atoms with Crippen LogP contribution in [-0.2, 0) is 32.2 Å². The number of nitrogens with one attached hydrogen (secondary N) is 1. The van der Waals surface area contributed by atoms with Crippen LogP contribution in [0.4, 0.5) is 0 Å². The smallest absolute Gasteiger partial charge is 0.303 e. The van der Waals surface area contributed by atoms with Crippen molar-refractivity contribution in [1.82, 2.24) is 10.2 Å². The van der Waals surface area contributed by atoms with E-state index in [0.29, 0.717) is 42.7 Å². The summed E-state index contributed by atoms with van der Waals surface area (Å²) >= 11 is 0. The number of aliphatic hydroxyl groups excluding tert-OH is 1. The van der Waals surface area contributed by atoms with Crippen LogP contribution < -0.4 is 5.32 Å². The van der Waals surface area contributed by atoms with Gasteiger partial charge in [0.05, 0.1) is 18.8 Å². The monoisotopic (exact) mass is 668 g/mol. The Morgan fingerprint density at radius 1 is 0.878 bits per heavy atom. The van der Waals surface area contributed by atoms with Gasteiger partial charge >= 0.3 is 5.97 Å². The number of carbonyl (C=O) groups excluding carboxylic acids is 1. The van der Waals surface area contributed by atoms with E-state index < -0.39 is 12.3 Å². The number of carboxylic acids is 1. The molecule has 8 heteroatoms. The number of hydrogen-bond donors (Lipinski definition) is 3. The average molecular weight is 669 g/mol. The molecule has 2 saturated heterocycles. The van der Waals surface area contributed by atoms with E-state index in [1.807, 2.05) is 24.3 Å². The molecule has 0 aromatic heterocycles. The summed E-state index contributed by atoms with van der Waals surface area (Å²) in [4.78, 5) is 25.6. The predicted molar refractivity (Wildman–Crippen MR) is 189 cm³/mol. The molecule has 5 atom stereocenters. The summed E-state index contributed by atoms with van der Waals surface area (Å²) in [6.07, 6.45) is 5.42. The molecule has 3 aliphatic rings. The van der Waals surface area contributed by atoms with Crippen molar-refractivity contribution in [2.24, 2.45) is 10.8 Å². The fourth-order valence-corrected chi connectivity index (χ4v) is 8.63. The topological polar surface area (TPSA) is 108 Å². The molecule has 0 radical (unpaired) electrons. The number of carbonyl (C=O) groups is 2. The first-order chi connectivity index (χ1) is 23.5. The molecule has 262 valence electrons. The quantitative estimate of drug-likeness (QED) is 0.161. The largest absolute Gasteiger partial charge is 0.481 e. The standard InChI is InChI=1S/C41H52N2O6/c1-40(2)21-34-22-41(3,26-40)27-43(34)24-35-20-36(31-13-11-28(25-44)12-14-31)49-39(48-35)32-17-15-30(16-18-32)33-8-6-7-29(19-33)23-42-37(45)9-4-5-10-38(46)47/h6-8,11-19,34-36,39,44H,4-5,9-10,20-27H2,1-3H3,(H,42,45)(H,46,47). The highest BCUT2D eigenvalue weighted by Gasteiger charge is 2.50. The maximum atomic E-state index is 12.3. The van der Waals surface area contributed by atoms with Crippen LogP contribution in [0.25, 0.3) is 11.1 Å². The zero-order valence-corrected chi connectivity index (χ0v) is 29.2. The first kappa shape index (κ1) is 35.3. The van der Waals surface area contributed by atoms with Gasteiger partial charge in [-0.05, 0) is 76.8 Å². The molecule has 3 fully saturated rings. The molecule has 5 unspecified atom stereocenters. The maximum Gasteiger partial charge on any atom is 0.303 e. The Bertz CT molecular complexity index is 1590. The molecule has 8 nitrogen and oxygen atoms in total. The third-order valence-corrected chi connectivity index (χ3v) is 10.6. The Morgan fingerprint density at radius 3 is 2.35 bits per heavy atom. The van der Waals surface area contributed by atoms with Crippen LogP contribution in [0.15, 0.2) is 72.8 Å². The number of nitrogens with zero attached hydrogens (tertiary/aromatic N) is 1. The van der Waals surface area contributed by atoms with Crippen LogP contribution in [0.5, 0.6) is 0 Å². The van der Waals surface area contributed by atoms with E-state index in [9.17, 15) is 14.7 Å². The lowest BCUT2D eigenvalue weighted by Gasteiger charge is -2.41. The second kappa shape index (κ2) is 15.1. The number of aliphatic carboxylic acids is 1. The zero-order valence-electron chi connectivity index (χ0n) is 29.2. The van der Waals surface area contributed by atoms with Crippen molar-refractivity contribution >= 4 is 11.9 Å². The summed E-state index contributed by atoms with van der Waals surface area (Å²) < 4.78 is 13.4. The summed E-state index contributed by atoms with van der Waals surface area (Å²) in [7, 11) is 0. The Labute approximate surface area is 290 Å². The highest BCUT2D eigenvalue weighted by atomic mass is 16.7. The number of rotatable bonds is 13. The van der Waals surface area contributed by atoms with E-state index in [4.69, 9.17) is 14.6 Å². The van der Waals surface area contributed by atoms with E-state index in [1.165, 1.54) is 19.3 Å². The van der Waals surface area contributed by atoms with Crippen LogP contribution in [0.2, 0.25) is 0 Å². The van der Waals surface area contributed by atoms with Crippen molar-refractivity contribution in [2.45, 2.75) is 110 Å². The lowest BCUT2D eigenvalue weighted by molar-refractivity contribution is -0.253. The van der Waals surface area contributed by atoms with Gasteiger partial charge in [0.1, 0.15) is 0 Å². The minimum absolute atomic E-state index is 0.0195. The van der Waals surface area contributed by atoms with Crippen LogP contribution in [0, 0.1) is 10.8 Å². The van der Waals surface area contributed by atoms with Crippen molar-refractivity contribution in [3.05, 3.63) is 95.1 Å². The number of hydrogen-bond acceptors (Lipinski definition) is 6. The number of benzene rings is 3. The Hall–Kier alpha value is -3.56. The molecule has 1 amide bonds. The molecule has 3 aromatic carbocycles. The number of amides is 1. The number of fused-ring (bicyclic) bond motifs is 2. The van der Waals surface area contributed by atoms with Gasteiger partial charge in [-0.15, -0.1) is 0 Å². The maximum absolute atomic E-state index is 12.3. The number of ether oxygens (including phenoxy) is 2. The molecule has 2 heterocycles. The van der Waals surface area contributed by atoms with Crippen LogP contribution in [0.3, 0.4) is 0 Å². The SMILES string of the molecule is CC1(C)CC2CC(C)(CN2CC2CC(c3ccc(CO)cc3)OC(c3ccc(-c4cccc(CNC(=O)CCCCC(=O)O)c4)cc3)O2)C1. The minimum Gasteiger partial charge on any atom is -0.481 e. The number of likely N-dealkylation sites (tertiary alicyclic amines) is 1. The predicted octanol–water partition coefficient (Wildman–Crippen LogP) is 7.55. The molecule has 1 aliphatic carbocycles. The van der Waals surface area contributed by atoms with Crippen LogP contribution >= 0.6 is 0 Å². The zero-order chi connectivity index (χ0) is 34.6. The Balaban J connectivity index is 1.13. The highest BCUT2D eigenvalue weighted by Crippen LogP contribution is 2.53. The van der Waals surface area contributed by atoms with E-state index in [1.54, 1.807) is 0 Å². The van der Waals surface area contributed by atoms with Crippen LogP contribution in [-0.4, -0.2) is 52.2 Å². The van der Waals surface area contributed by atoms with Gasteiger partial charge in [-0.2, -0.15) is 0 Å². The summed E-state index contributed by atoms with van der Waals surface area (Å²) in [6.45, 7) is 9.75. The van der Waals surface area contributed by atoms with Crippen molar-refractivity contribution in [1.29, 1.82) is 0 Å². The van der Waals surface area contributed by atoms with Crippen molar-refractivity contribution in [3.63, 3.8) is 0 Å². The molecule has 0 spiro atoms. The number of aliphatic hydroxyl groups is 1. The normalized spacial score (nSPS) is 26.4. The lowest BCUT2D eigenvalue weighted by atomic mass is 9.65. The third-order valence-electron chi connectivity index (χ3n) is 10.6. The Morgan fingerprint density at radius 2 is 1.61 bits per heavy atom. The van der Waals surface area contributed by atoms with Gasteiger partial charge in [0, 0.05) is 50.5 Å². The average Bonchev–Trinajstić information content (AvgIpc) is 3.32. The summed E-state index contributed by atoms with van der Waals surface area (Å²) in [5.74, 6) is -0.903. The number of carboxylic acid groups (broad SMARTS) is 1. The second-order valence-electron chi connectivity index (χ2n) is 15.7. The van der Waals surface area contributed by atoms with E-state index >= 15 is 0 Å². The molecular weight excluding hydrogens is 616 g/mol. The molecule has 2 bridgehead atoms. The molecule has 3 N–H and O–H groups in total. The van der Waals surface area contributed by atoms with Crippen molar-refractivity contribution in [2.75, 3.05) is 13.1 Å². The first-order valence-electron chi connectivity index (χ1n) is 17.9. The molecule has 3 aromatic rings. The van der Waals surface area contributed by atoms with Gasteiger partial charge < -0.3 is 25.0 Å². The van der Waals surface area contributed by atoms with Gasteiger partial charge in [-0.25, -0.2) is 0 Å². The van der Waals surface area contributed by atoms with E-state index in [-0.39, 0.29) is 31.1 Å². The lowest BCUT2D eigenvalue weighted by Crippen LogP contribution is -2.42. The second-order valence-corrected chi connectivity index (χ2v) is 15.7. The summed E-state index contributed by atoms with van der Waals surface area (Å²) in [5, 5.41) is 21.3. The van der Waals surface area contributed by atoms with Gasteiger partial charge in [-0.3, -0.25) is 14.5 Å². The van der Waals surface area contributed by atoms with Gasteiger partial charge in [0.2, 0.25) is 5.91 Å². The minimum atomic E-state index is -0.833. The van der Waals surface area contributed by atoms with E-state index in [0.717, 1.165) is 52.9 Å². The van der Waals surface area contributed by atoms with E-state index in [2.05, 4.69) is 79.5 Å². The van der Waals surface area contributed by atoms with Crippen molar-refractivity contribution in [3.8, 4) is 11.1 Å². The summed E-state index contributed by atoms with van der Waals surface area (Å²) in [5.41, 5.74) is 6.81. The highest BCUT2D eigenvalue weighted by molar-refractivity contribution is 5.76. The van der Waals surface area contributed by atoms with Crippen molar-refractivity contribution < 1.29 is 29.3 Å². The molecule has 1 saturated carbocycles. The molecule has 49 heavy (non-hydrogen) atoms. The van der Waals surface area contributed by atoms with Gasteiger partial charge in [0.25, 0.3) is 0 Å². The Kier molecular flexibility index (Phi) is 10.9. The molecular formula is C41H52N2O6. The number of unbranched alkanes of at least 4 members (excludes halogenated alkanes) is 1. The fraction of sp³-hybridized carbons (Fsp3) is 0.512. The molecule has 6 rings (SSSR count). The van der Waals surface area contributed by atoms with Gasteiger partial charge in [-0.1, -0.05) is 87.5 Å². The third kappa shape index (κ3) is 9.17. The fourth-order valence-electron chi connectivity index (χ4n) is 8.63. The molecule has 2 aliphatic heterocycles. The first-order valence-corrected chi connectivity index (χ1v) is 17.9. The van der Waals surface area contributed by atoms with Gasteiger partial charge in [0.15, 0.2) is 6.29 Å².